The van der Waals surface area contributed by atoms with Gasteiger partial charge < -0.3 is 19.5 Å². The average molecular weight is 443 g/mol. The van der Waals surface area contributed by atoms with Crippen molar-refractivity contribution < 1.29 is 22.8 Å². The maximum Gasteiger partial charge on any atom is 0.293 e. The van der Waals surface area contributed by atoms with Crippen LogP contribution in [0.25, 0.3) is 11.0 Å². The molecule has 6 nitrogen and oxygen atoms in total. The smallest absolute Gasteiger partial charge is 0.293 e. The van der Waals surface area contributed by atoms with Gasteiger partial charge in [0.05, 0.1) is 0 Å². The minimum atomic E-state index is -0.627. The molecular formula is C20H12BrFN2O4. The fraction of sp³-hybridized carbons (Fsp3) is 0. The van der Waals surface area contributed by atoms with E-state index in [2.05, 4.69) is 26.6 Å². The summed E-state index contributed by atoms with van der Waals surface area (Å²) >= 11 is 3.14. The van der Waals surface area contributed by atoms with Gasteiger partial charge in [0.15, 0.2) is 10.4 Å². The van der Waals surface area contributed by atoms with Gasteiger partial charge in [-0.2, -0.15) is 0 Å². The highest BCUT2D eigenvalue weighted by Gasteiger charge is 2.24. The standard InChI is InChI=1S/C20H12BrFN2O4/c21-16-9-8-15(27-16)19(25)24-17-13-6-1-2-7-14(13)28-18(17)20(26)23-12-5-3-4-11(22)10-12/h1-10H,(H,23,26)(H,24,25). The SMILES string of the molecule is O=C(Nc1c(C(=O)Nc2cccc(F)c2)oc2ccccc12)c1ccc(Br)o1. The fourth-order valence-electron chi connectivity index (χ4n) is 2.70. The maximum atomic E-state index is 13.4. The minimum absolute atomic E-state index is 0.0636. The molecule has 0 saturated heterocycles. The maximum absolute atomic E-state index is 13.4. The van der Waals surface area contributed by atoms with Crippen molar-refractivity contribution in [1.29, 1.82) is 0 Å². The van der Waals surface area contributed by atoms with Crippen molar-refractivity contribution >= 4 is 50.1 Å². The number of nitrogens with one attached hydrogen (secondary N) is 2. The number of amides is 2. The summed E-state index contributed by atoms with van der Waals surface area (Å²) < 4.78 is 24.7. The Labute approximate surface area is 166 Å². The molecule has 0 spiro atoms. The largest absolute Gasteiger partial charge is 0.449 e. The Kier molecular flexibility index (Phi) is 4.70. The Morgan fingerprint density at radius 2 is 1.71 bits per heavy atom. The summed E-state index contributed by atoms with van der Waals surface area (Å²) in [5.41, 5.74) is 0.877. The first-order chi connectivity index (χ1) is 13.5. The number of hydrogen-bond donors (Lipinski definition) is 2. The van der Waals surface area contributed by atoms with Crippen molar-refractivity contribution in [2.45, 2.75) is 0 Å². The number of para-hydroxylation sites is 1. The summed E-state index contributed by atoms with van der Waals surface area (Å²) in [4.78, 5) is 25.2. The van der Waals surface area contributed by atoms with E-state index in [0.29, 0.717) is 15.6 Å². The van der Waals surface area contributed by atoms with Gasteiger partial charge in [0.1, 0.15) is 17.1 Å². The first-order valence-corrected chi connectivity index (χ1v) is 8.96. The van der Waals surface area contributed by atoms with E-state index in [0.717, 1.165) is 0 Å². The Hall–Kier alpha value is -3.39. The second-order valence-electron chi connectivity index (χ2n) is 5.82. The molecule has 0 unspecified atom stereocenters. The van der Waals surface area contributed by atoms with Crippen LogP contribution in [0.3, 0.4) is 0 Å². The molecule has 0 radical (unpaired) electrons. The van der Waals surface area contributed by atoms with E-state index in [4.69, 9.17) is 8.83 Å². The molecule has 2 N–H and O–H groups in total. The third kappa shape index (κ3) is 3.54. The predicted octanol–water partition coefficient (Wildman–Crippen LogP) is 5.43. The summed E-state index contributed by atoms with van der Waals surface area (Å²) in [5.74, 6) is -1.70. The number of benzene rings is 2. The van der Waals surface area contributed by atoms with E-state index in [9.17, 15) is 14.0 Å². The van der Waals surface area contributed by atoms with E-state index in [1.165, 1.54) is 24.3 Å². The number of anilines is 2. The molecule has 0 atom stereocenters. The van der Waals surface area contributed by atoms with Crippen molar-refractivity contribution in [3.05, 3.63) is 82.7 Å². The van der Waals surface area contributed by atoms with Crippen LogP contribution < -0.4 is 10.6 Å². The van der Waals surface area contributed by atoms with E-state index < -0.39 is 17.6 Å². The molecule has 28 heavy (non-hydrogen) atoms. The number of fused-ring (bicyclic) bond motifs is 1. The predicted molar refractivity (Wildman–Crippen MR) is 105 cm³/mol. The van der Waals surface area contributed by atoms with Crippen LogP contribution in [0.15, 0.2) is 74.2 Å². The van der Waals surface area contributed by atoms with Crippen molar-refractivity contribution in [2.75, 3.05) is 10.6 Å². The molecule has 2 aromatic heterocycles. The van der Waals surface area contributed by atoms with E-state index in [-0.39, 0.29) is 22.9 Å². The van der Waals surface area contributed by atoms with Crippen LogP contribution in [0, 0.1) is 5.82 Å². The molecule has 0 saturated carbocycles. The molecule has 0 bridgehead atoms. The normalized spacial score (nSPS) is 10.8. The summed E-state index contributed by atoms with van der Waals surface area (Å²) in [5, 5.41) is 5.77. The Morgan fingerprint density at radius 3 is 2.46 bits per heavy atom. The molecule has 140 valence electrons. The first kappa shape index (κ1) is 18.0. The number of halogens is 2. The van der Waals surface area contributed by atoms with Crippen molar-refractivity contribution in [2.24, 2.45) is 0 Å². The number of rotatable bonds is 4. The monoisotopic (exact) mass is 442 g/mol. The van der Waals surface area contributed by atoms with Crippen LogP contribution in [-0.2, 0) is 0 Å². The number of hydrogen-bond acceptors (Lipinski definition) is 4. The van der Waals surface area contributed by atoms with Gasteiger partial charge in [-0.3, -0.25) is 9.59 Å². The van der Waals surface area contributed by atoms with Crippen molar-refractivity contribution in [3.8, 4) is 0 Å². The number of carbonyl (C=O) groups is 2. The van der Waals surface area contributed by atoms with Gasteiger partial charge in [0.2, 0.25) is 5.76 Å². The second-order valence-corrected chi connectivity index (χ2v) is 6.61. The van der Waals surface area contributed by atoms with Gasteiger partial charge in [-0.05, 0) is 58.4 Å². The van der Waals surface area contributed by atoms with Crippen molar-refractivity contribution in [3.63, 3.8) is 0 Å². The summed E-state index contributed by atoms with van der Waals surface area (Å²) in [6.07, 6.45) is 0. The molecule has 0 aliphatic carbocycles. The zero-order valence-electron chi connectivity index (χ0n) is 14.2. The zero-order valence-corrected chi connectivity index (χ0v) is 15.7. The molecule has 2 heterocycles. The first-order valence-electron chi connectivity index (χ1n) is 8.16. The minimum Gasteiger partial charge on any atom is -0.449 e. The van der Waals surface area contributed by atoms with Gasteiger partial charge >= 0.3 is 0 Å². The molecule has 4 rings (SSSR count). The molecule has 4 aromatic rings. The van der Waals surface area contributed by atoms with E-state index >= 15 is 0 Å². The van der Waals surface area contributed by atoms with Crippen LogP contribution in [0.4, 0.5) is 15.8 Å². The molecule has 8 heteroatoms. The van der Waals surface area contributed by atoms with Gasteiger partial charge in [0.25, 0.3) is 11.8 Å². The number of furan rings is 2. The quantitative estimate of drug-likeness (QED) is 0.441. The van der Waals surface area contributed by atoms with Gasteiger partial charge in [-0.25, -0.2) is 4.39 Å². The third-order valence-corrected chi connectivity index (χ3v) is 4.35. The summed E-state index contributed by atoms with van der Waals surface area (Å²) in [6, 6.07) is 15.4. The Morgan fingerprint density at radius 1 is 0.893 bits per heavy atom. The summed E-state index contributed by atoms with van der Waals surface area (Å²) in [6.45, 7) is 0. The Balaban J connectivity index is 1.70. The molecule has 0 aliphatic rings. The zero-order chi connectivity index (χ0) is 19.7. The lowest BCUT2D eigenvalue weighted by molar-refractivity contribution is 0.0995. The van der Waals surface area contributed by atoms with Gasteiger partial charge in [-0.1, -0.05) is 18.2 Å². The molecule has 2 aromatic carbocycles. The van der Waals surface area contributed by atoms with Gasteiger partial charge in [0, 0.05) is 11.1 Å². The molecular weight excluding hydrogens is 431 g/mol. The third-order valence-electron chi connectivity index (χ3n) is 3.92. The van der Waals surface area contributed by atoms with E-state index in [1.807, 2.05) is 0 Å². The second kappa shape index (κ2) is 7.32. The van der Waals surface area contributed by atoms with Crippen molar-refractivity contribution in [1.82, 2.24) is 0 Å². The average Bonchev–Trinajstić information content (AvgIpc) is 3.26. The fourth-order valence-corrected chi connectivity index (χ4v) is 3.00. The van der Waals surface area contributed by atoms with Crippen LogP contribution in [0.1, 0.15) is 21.1 Å². The summed E-state index contributed by atoms with van der Waals surface area (Å²) in [7, 11) is 0. The van der Waals surface area contributed by atoms with Crippen LogP contribution in [0.5, 0.6) is 0 Å². The van der Waals surface area contributed by atoms with Crippen LogP contribution >= 0.6 is 15.9 Å². The Bertz CT molecular complexity index is 1200. The molecule has 0 fully saturated rings. The lowest BCUT2D eigenvalue weighted by Crippen LogP contribution is -2.17. The lowest BCUT2D eigenvalue weighted by atomic mass is 10.2. The highest BCUT2D eigenvalue weighted by molar-refractivity contribution is 9.10. The van der Waals surface area contributed by atoms with Gasteiger partial charge in [-0.15, -0.1) is 0 Å². The lowest BCUT2D eigenvalue weighted by Gasteiger charge is -2.06. The molecule has 0 aliphatic heterocycles. The van der Waals surface area contributed by atoms with E-state index in [1.54, 1.807) is 36.4 Å². The molecule has 2 amide bonds. The van der Waals surface area contributed by atoms with Crippen LogP contribution in [-0.4, -0.2) is 11.8 Å². The number of carbonyl (C=O) groups excluding carboxylic acids is 2. The highest BCUT2D eigenvalue weighted by atomic mass is 79.9. The highest BCUT2D eigenvalue weighted by Crippen LogP contribution is 2.32. The topological polar surface area (TPSA) is 84.5 Å². The van der Waals surface area contributed by atoms with Crippen LogP contribution in [0.2, 0.25) is 0 Å².